The first kappa shape index (κ1) is 16.0. The van der Waals surface area contributed by atoms with Crippen LogP contribution >= 0.6 is 0 Å². The number of nitrogens with zero attached hydrogens (tertiary/aromatic N) is 1. The molecule has 3 aromatic rings. The molecule has 0 fully saturated rings. The van der Waals surface area contributed by atoms with Gasteiger partial charge in [-0.3, -0.25) is 0 Å². The van der Waals surface area contributed by atoms with Crippen molar-refractivity contribution in [2.75, 3.05) is 24.7 Å². The molecule has 2 amide bonds. The van der Waals surface area contributed by atoms with Gasteiger partial charge in [-0.15, -0.1) is 0 Å². The number of nitrogens with one attached hydrogen (secondary N) is 2. The Hall–Kier alpha value is -2.85. The van der Waals surface area contributed by atoms with E-state index in [9.17, 15) is 4.79 Å². The van der Waals surface area contributed by atoms with Crippen molar-refractivity contribution in [2.24, 2.45) is 0 Å². The van der Waals surface area contributed by atoms with Gasteiger partial charge in [0.1, 0.15) is 0 Å². The highest BCUT2D eigenvalue weighted by molar-refractivity contribution is 6.06. The maximum atomic E-state index is 12.3. The summed E-state index contributed by atoms with van der Waals surface area (Å²) < 4.78 is 0. The number of benzene rings is 3. The van der Waals surface area contributed by atoms with Gasteiger partial charge in [-0.2, -0.15) is 0 Å². The van der Waals surface area contributed by atoms with Gasteiger partial charge in [-0.05, 0) is 43.2 Å². The second-order valence-corrected chi connectivity index (χ2v) is 6.04. The molecular weight excluding hydrogens is 298 g/mol. The fourth-order valence-electron chi connectivity index (χ4n) is 2.68. The number of amides is 2. The molecule has 0 unspecified atom stereocenters. The van der Waals surface area contributed by atoms with Gasteiger partial charge in [0.2, 0.25) is 0 Å². The summed E-state index contributed by atoms with van der Waals surface area (Å²) in [5.41, 5.74) is 2.78. The van der Waals surface area contributed by atoms with E-state index >= 15 is 0 Å². The van der Waals surface area contributed by atoms with Gasteiger partial charge in [0.15, 0.2) is 0 Å². The third-order valence-corrected chi connectivity index (χ3v) is 3.75. The van der Waals surface area contributed by atoms with Gasteiger partial charge in [-0.25, -0.2) is 4.79 Å². The van der Waals surface area contributed by atoms with E-state index in [1.807, 2.05) is 80.8 Å². The van der Waals surface area contributed by atoms with E-state index in [2.05, 4.69) is 15.5 Å². The molecule has 2 N–H and O–H groups in total. The molecule has 0 spiro atoms. The number of fused-ring (bicyclic) bond motifs is 1. The normalized spacial score (nSPS) is 10.8. The summed E-state index contributed by atoms with van der Waals surface area (Å²) in [6.07, 6.45) is 0. The molecule has 0 bridgehead atoms. The molecule has 3 aromatic carbocycles. The molecule has 0 radical (unpaired) electrons. The molecule has 3 rings (SSSR count). The lowest BCUT2D eigenvalue weighted by atomic mass is 10.1. The lowest BCUT2D eigenvalue weighted by Crippen LogP contribution is -2.19. The molecule has 0 saturated heterocycles. The SMILES string of the molecule is CN(C)Cc1ccc(NC(=O)Nc2cccc3ccccc23)cc1. The highest BCUT2D eigenvalue weighted by Crippen LogP contribution is 2.23. The van der Waals surface area contributed by atoms with Gasteiger partial charge in [0.25, 0.3) is 0 Å². The number of urea groups is 1. The lowest BCUT2D eigenvalue weighted by Gasteiger charge is -2.12. The predicted octanol–water partition coefficient (Wildman–Crippen LogP) is 4.55. The van der Waals surface area contributed by atoms with Gasteiger partial charge in [0.05, 0.1) is 5.69 Å². The monoisotopic (exact) mass is 319 g/mol. The first-order chi connectivity index (χ1) is 11.6. The number of carbonyl (C=O) groups excluding carboxylic acids is 1. The summed E-state index contributed by atoms with van der Waals surface area (Å²) in [6.45, 7) is 0.877. The maximum Gasteiger partial charge on any atom is 0.323 e. The highest BCUT2D eigenvalue weighted by atomic mass is 16.2. The minimum atomic E-state index is -0.244. The van der Waals surface area contributed by atoms with Crippen molar-refractivity contribution in [1.82, 2.24) is 4.90 Å². The summed E-state index contributed by atoms with van der Waals surface area (Å²) in [5, 5.41) is 7.92. The van der Waals surface area contributed by atoms with Crippen molar-refractivity contribution < 1.29 is 4.79 Å². The molecule has 122 valence electrons. The Bertz CT molecular complexity index is 836. The minimum Gasteiger partial charge on any atom is -0.308 e. The molecule has 0 aromatic heterocycles. The van der Waals surface area contributed by atoms with Crippen LogP contribution in [0.25, 0.3) is 10.8 Å². The van der Waals surface area contributed by atoms with Crippen molar-refractivity contribution in [3.8, 4) is 0 Å². The molecule has 4 nitrogen and oxygen atoms in total. The Morgan fingerprint density at radius 2 is 1.58 bits per heavy atom. The van der Waals surface area contributed by atoms with Crippen LogP contribution in [0, 0.1) is 0 Å². The van der Waals surface area contributed by atoms with Gasteiger partial charge in [0, 0.05) is 17.6 Å². The van der Waals surface area contributed by atoms with E-state index in [-0.39, 0.29) is 6.03 Å². The van der Waals surface area contributed by atoms with Crippen molar-refractivity contribution in [3.63, 3.8) is 0 Å². The number of carbonyl (C=O) groups is 1. The van der Waals surface area contributed by atoms with Gasteiger partial charge >= 0.3 is 6.03 Å². The second-order valence-electron chi connectivity index (χ2n) is 6.04. The quantitative estimate of drug-likeness (QED) is 0.741. The Morgan fingerprint density at radius 1 is 0.875 bits per heavy atom. The molecule has 0 aliphatic rings. The van der Waals surface area contributed by atoms with E-state index < -0.39 is 0 Å². The lowest BCUT2D eigenvalue weighted by molar-refractivity contribution is 0.262. The second kappa shape index (κ2) is 7.15. The smallest absolute Gasteiger partial charge is 0.308 e. The van der Waals surface area contributed by atoms with Crippen LogP contribution in [0.1, 0.15) is 5.56 Å². The summed E-state index contributed by atoms with van der Waals surface area (Å²) >= 11 is 0. The van der Waals surface area contributed by atoms with Crippen LogP contribution in [-0.4, -0.2) is 25.0 Å². The standard InChI is InChI=1S/C20H21N3O/c1-23(2)14-15-10-12-17(13-11-15)21-20(24)22-19-9-5-7-16-6-3-4-8-18(16)19/h3-13H,14H2,1-2H3,(H2,21,22,24). The molecular formula is C20H21N3O. The first-order valence-corrected chi connectivity index (χ1v) is 7.91. The van der Waals surface area contributed by atoms with E-state index in [0.717, 1.165) is 28.7 Å². The zero-order chi connectivity index (χ0) is 16.9. The fourth-order valence-corrected chi connectivity index (χ4v) is 2.68. The fraction of sp³-hybridized carbons (Fsp3) is 0.150. The molecule has 0 saturated carbocycles. The average molecular weight is 319 g/mol. The zero-order valence-electron chi connectivity index (χ0n) is 13.9. The zero-order valence-corrected chi connectivity index (χ0v) is 13.9. The molecule has 24 heavy (non-hydrogen) atoms. The van der Waals surface area contributed by atoms with E-state index in [0.29, 0.717) is 0 Å². The van der Waals surface area contributed by atoms with Crippen molar-refractivity contribution in [1.29, 1.82) is 0 Å². The van der Waals surface area contributed by atoms with Crippen molar-refractivity contribution >= 4 is 28.2 Å². The van der Waals surface area contributed by atoms with Gasteiger partial charge < -0.3 is 15.5 Å². The number of anilines is 2. The summed E-state index contributed by atoms with van der Waals surface area (Å²) in [6, 6.07) is 21.5. The summed E-state index contributed by atoms with van der Waals surface area (Å²) in [5.74, 6) is 0. The minimum absolute atomic E-state index is 0.244. The highest BCUT2D eigenvalue weighted by Gasteiger charge is 2.06. The maximum absolute atomic E-state index is 12.3. The van der Waals surface area contributed by atoms with E-state index in [1.54, 1.807) is 0 Å². The number of hydrogen-bond donors (Lipinski definition) is 2. The average Bonchev–Trinajstić information content (AvgIpc) is 2.56. The Balaban J connectivity index is 1.69. The van der Waals surface area contributed by atoms with Crippen LogP contribution in [-0.2, 0) is 6.54 Å². The topological polar surface area (TPSA) is 44.4 Å². The molecule has 0 aliphatic carbocycles. The molecule has 0 atom stereocenters. The van der Waals surface area contributed by atoms with Gasteiger partial charge in [-0.1, -0.05) is 48.5 Å². The molecule has 4 heteroatoms. The number of hydrogen-bond acceptors (Lipinski definition) is 2. The van der Waals surface area contributed by atoms with E-state index in [4.69, 9.17) is 0 Å². The third kappa shape index (κ3) is 3.91. The number of rotatable bonds is 4. The molecule has 0 aliphatic heterocycles. The van der Waals surface area contributed by atoms with Crippen LogP contribution in [0.2, 0.25) is 0 Å². The predicted molar refractivity (Wildman–Crippen MR) is 100 cm³/mol. The summed E-state index contributed by atoms with van der Waals surface area (Å²) in [7, 11) is 4.06. The van der Waals surface area contributed by atoms with Crippen molar-refractivity contribution in [3.05, 3.63) is 72.3 Å². The Kier molecular flexibility index (Phi) is 4.77. The van der Waals surface area contributed by atoms with Crippen molar-refractivity contribution in [2.45, 2.75) is 6.54 Å². The Morgan fingerprint density at radius 3 is 2.33 bits per heavy atom. The third-order valence-electron chi connectivity index (χ3n) is 3.75. The first-order valence-electron chi connectivity index (χ1n) is 7.91. The van der Waals surface area contributed by atoms with Crippen LogP contribution in [0.4, 0.5) is 16.2 Å². The Labute approximate surface area is 142 Å². The summed E-state index contributed by atoms with van der Waals surface area (Å²) in [4.78, 5) is 14.4. The largest absolute Gasteiger partial charge is 0.323 e. The van der Waals surface area contributed by atoms with Crippen LogP contribution in [0.15, 0.2) is 66.7 Å². The van der Waals surface area contributed by atoms with Crippen LogP contribution in [0.3, 0.4) is 0 Å². The molecule has 0 heterocycles. The van der Waals surface area contributed by atoms with Crippen LogP contribution < -0.4 is 10.6 Å². The van der Waals surface area contributed by atoms with E-state index in [1.165, 1.54) is 5.56 Å². The van der Waals surface area contributed by atoms with Crippen LogP contribution in [0.5, 0.6) is 0 Å².